The Balaban J connectivity index is 1.76. The van der Waals surface area contributed by atoms with Gasteiger partial charge in [0, 0.05) is 45.1 Å². The van der Waals surface area contributed by atoms with Crippen LogP contribution in [0.15, 0.2) is 6.20 Å². The van der Waals surface area contributed by atoms with Crippen LogP contribution in [0.2, 0.25) is 0 Å². The highest BCUT2D eigenvalue weighted by atomic mass is 16.5. The first-order valence-electron chi connectivity index (χ1n) is 8.54. The van der Waals surface area contributed by atoms with Gasteiger partial charge in [0.05, 0.1) is 24.5 Å². The smallest absolute Gasteiger partial charge is 0.0900 e. The predicted molar refractivity (Wildman–Crippen MR) is 89.4 cm³/mol. The van der Waals surface area contributed by atoms with E-state index in [-0.39, 0.29) is 6.10 Å². The lowest BCUT2D eigenvalue weighted by atomic mass is 10.1. The van der Waals surface area contributed by atoms with Gasteiger partial charge in [-0.05, 0) is 25.8 Å². The number of hydrogen-bond donors (Lipinski definition) is 1. The average Bonchev–Trinajstić information content (AvgIpc) is 2.87. The maximum atomic E-state index is 10.2. The van der Waals surface area contributed by atoms with Crippen molar-refractivity contribution in [2.24, 2.45) is 7.05 Å². The van der Waals surface area contributed by atoms with E-state index in [0.717, 1.165) is 38.3 Å². The molecule has 0 amide bonds. The fourth-order valence-electron chi connectivity index (χ4n) is 3.02. The number of likely N-dealkylation sites (N-methyl/N-ethyl adjacent to an activating group) is 1. The molecule has 1 saturated heterocycles. The third-order valence-corrected chi connectivity index (χ3v) is 4.14. The average molecular weight is 325 g/mol. The molecule has 0 saturated carbocycles. The van der Waals surface area contributed by atoms with Gasteiger partial charge < -0.3 is 14.6 Å². The molecule has 1 fully saturated rings. The van der Waals surface area contributed by atoms with Crippen molar-refractivity contribution in [1.82, 2.24) is 14.7 Å². The Morgan fingerprint density at radius 3 is 2.78 bits per heavy atom. The van der Waals surface area contributed by atoms with Gasteiger partial charge in [0.25, 0.3) is 0 Å². The Hall–Kier alpha value is -0.950. The van der Waals surface area contributed by atoms with Crippen LogP contribution >= 0.6 is 0 Å². The second kappa shape index (κ2) is 8.78. The van der Waals surface area contributed by atoms with Crippen molar-refractivity contribution in [2.75, 3.05) is 33.4 Å². The van der Waals surface area contributed by atoms with Crippen LogP contribution in [0, 0.1) is 0 Å². The third kappa shape index (κ3) is 5.88. The summed E-state index contributed by atoms with van der Waals surface area (Å²) in [5.74, 6) is 0.404. The standard InChI is InChI=1S/C17H31N3O3/c1-13(2)17-14(10-20(4)18-17)9-19(3)11-15(21)12-23-16-5-7-22-8-6-16/h10,13,15-16,21H,5-9,11-12H2,1-4H3. The molecule has 1 aliphatic heterocycles. The molecule has 1 aromatic heterocycles. The number of aromatic nitrogens is 2. The summed E-state index contributed by atoms with van der Waals surface area (Å²) in [4.78, 5) is 2.13. The number of aliphatic hydroxyl groups is 1. The molecule has 1 unspecified atom stereocenters. The van der Waals surface area contributed by atoms with Gasteiger partial charge in [-0.3, -0.25) is 9.58 Å². The fraction of sp³-hybridized carbons (Fsp3) is 0.824. The Labute approximate surface area is 139 Å². The molecule has 23 heavy (non-hydrogen) atoms. The number of aryl methyl sites for hydroxylation is 1. The van der Waals surface area contributed by atoms with Gasteiger partial charge >= 0.3 is 0 Å². The molecule has 1 aliphatic rings. The highest BCUT2D eigenvalue weighted by Gasteiger charge is 2.18. The van der Waals surface area contributed by atoms with Crippen molar-refractivity contribution in [3.05, 3.63) is 17.5 Å². The maximum absolute atomic E-state index is 10.2. The molecule has 0 aliphatic carbocycles. The summed E-state index contributed by atoms with van der Waals surface area (Å²) in [7, 11) is 3.97. The lowest BCUT2D eigenvalue weighted by molar-refractivity contribution is -0.0634. The van der Waals surface area contributed by atoms with Gasteiger partial charge in [-0.25, -0.2) is 0 Å². The van der Waals surface area contributed by atoms with E-state index < -0.39 is 6.10 Å². The van der Waals surface area contributed by atoms with E-state index in [1.54, 1.807) is 0 Å². The monoisotopic (exact) mass is 325 g/mol. The first kappa shape index (κ1) is 18.4. The molecule has 0 aromatic carbocycles. The molecule has 2 heterocycles. The van der Waals surface area contributed by atoms with Crippen molar-refractivity contribution in [2.45, 2.75) is 51.4 Å². The molecule has 1 aromatic rings. The molecule has 6 nitrogen and oxygen atoms in total. The van der Waals surface area contributed by atoms with Gasteiger partial charge in [0.1, 0.15) is 0 Å². The molecular weight excluding hydrogens is 294 g/mol. The van der Waals surface area contributed by atoms with Gasteiger partial charge in [-0.15, -0.1) is 0 Å². The van der Waals surface area contributed by atoms with Crippen LogP contribution < -0.4 is 0 Å². The van der Waals surface area contributed by atoms with E-state index in [1.165, 1.54) is 5.56 Å². The van der Waals surface area contributed by atoms with Crippen molar-refractivity contribution in [3.8, 4) is 0 Å². The van der Waals surface area contributed by atoms with Crippen LogP contribution in [0.25, 0.3) is 0 Å². The quantitative estimate of drug-likeness (QED) is 0.785. The van der Waals surface area contributed by atoms with E-state index >= 15 is 0 Å². The normalized spacial score (nSPS) is 18.0. The topological polar surface area (TPSA) is 59.8 Å². The van der Waals surface area contributed by atoms with Crippen LogP contribution in [0.5, 0.6) is 0 Å². The van der Waals surface area contributed by atoms with Crippen LogP contribution in [0.4, 0.5) is 0 Å². The van der Waals surface area contributed by atoms with Crippen LogP contribution in [-0.2, 0) is 23.1 Å². The summed E-state index contributed by atoms with van der Waals surface area (Å²) in [5.41, 5.74) is 2.36. The summed E-state index contributed by atoms with van der Waals surface area (Å²) < 4.78 is 13.0. The first-order valence-corrected chi connectivity index (χ1v) is 8.54. The summed E-state index contributed by atoms with van der Waals surface area (Å²) in [6, 6.07) is 0. The number of aliphatic hydroxyl groups excluding tert-OH is 1. The summed E-state index contributed by atoms with van der Waals surface area (Å²) in [6.45, 7) is 7.61. The van der Waals surface area contributed by atoms with Crippen LogP contribution in [-0.4, -0.2) is 65.4 Å². The van der Waals surface area contributed by atoms with Crippen molar-refractivity contribution in [1.29, 1.82) is 0 Å². The largest absolute Gasteiger partial charge is 0.389 e. The predicted octanol–water partition coefficient (Wildman–Crippen LogP) is 1.53. The molecule has 132 valence electrons. The summed E-state index contributed by atoms with van der Waals surface area (Å²) in [6.07, 6.45) is 3.68. The maximum Gasteiger partial charge on any atom is 0.0900 e. The zero-order valence-electron chi connectivity index (χ0n) is 14.9. The van der Waals surface area contributed by atoms with E-state index in [1.807, 2.05) is 18.8 Å². The fourth-order valence-corrected chi connectivity index (χ4v) is 3.02. The number of nitrogens with zero attached hydrogens (tertiary/aromatic N) is 3. The van der Waals surface area contributed by atoms with Gasteiger partial charge in [-0.1, -0.05) is 13.8 Å². The van der Waals surface area contributed by atoms with E-state index in [2.05, 4.69) is 30.0 Å². The van der Waals surface area contributed by atoms with Gasteiger partial charge in [0.15, 0.2) is 0 Å². The van der Waals surface area contributed by atoms with Gasteiger partial charge in [0.2, 0.25) is 0 Å². The second-order valence-electron chi connectivity index (χ2n) is 6.86. The summed E-state index contributed by atoms with van der Waals surface area (Å²) in [5, 5.41) is 14.7. The minimum absolute atomic E-state index is 0.231. The number of rotatable bonds is 8. The SMILES string of the molecule is CC(C)c1nn(C)cc1CN(C)CC(O)COC1CCOCC1. The Morgan fingerprint density at radius 1 is 1.43 bits per heavy atom. The lowest BCUT2D eigenvalue weighted by Crippen LogP contribution is -2.34. The molecule has 1 atom stereocenters. The first-order chi connectivity index (χ1) is 11.0. The second-order valence-corrected chi connectivity index (χ2v) is 6.86. The Kier molecular flexibility index (Phi) is 7.02. The zero-order valence-corrected chi connectivity index (χ0v) is 14.9. The number of ether oxygens (including phenoxy) is 2. The molecular formula is C17H31N3O3. The van der Waals surface area contributed by atoms with Crippen molar-refractivity contribution in [3.63, 3.8) is 0 Å². The number of hydrogen-bond acceptors (Lipinski definition) is 5. The third-order valence-electron chi connectivity index (χ3n) is 4.14. The lowest BCUT2D eigenvalue weighted by Gasteiger charge is -2.25. The molecule has 0 bridgehead atoms. The molecule has 0 radical (unpaired) electrons. The van der Waals surface area contributed by atoms with Crippen molar-refractivity contribution < 1.29 is 14.6 Å². The van der Waals surface area contributed by atoms with E-state index in [0.29, 0.717) is 19.1 Å². The molecule has 0 spiro atoms. The molecule has 6 heteroatoms. The van der Waals surface area contributed by atoms with E-state index in [4.69, 9.17) is 9.47 Å². The van der Waals surface area contributed by atoms with Crippen LogP contribution in [0.3, 0.4) is 0 Å². The zero-order chi connectivity index (χ0) is 16.8. The Morgan fingerprint density at radius 2 is 2.13 bits per heavy atom. The highest BCUT2D eigenvalue weighted by molar-refractivity contribution is 5.20. The minimum atomic E-state index is -0.470. The molecule has 1 N–H and O–H groups in total. The van der Waals surface area contributed by atoms with Crippen LogP contribution in [0.1, 0.15) is 43.9 Å². The van der Waals surface area contributed by atoms with Crippen molar-refractivity contribution >= 4 is 0 Å². The highest BCUT2D eigenvalue weighted by Crippen LogP contribution is 2.18. The minimum Gasteiger partial charge on any atom is -0.389 e. The van der Waals surface area contributed by atoms with Gasteiger partial charge in [-0.2, -0.15) is 5.10 Å². The van der Waals surface area contributed by atoms with E-state index in [9.17, 15) is 5.11 Å². The molecule has 2 rings (SSSR count). The summed E-state index contributed by atoms with van der Waals surface area (Å²) >= 11 is 0. The Bertz CT molecular complexity index is 470.